The highest BCUT2D eigenvalue weighted by Gasteiger charge is 2.22. The first-order chi connectivity index (χ1) is 19.9. The second-order valence-corrected chi connectivity index (χ2v) is 10.9. The Bertz CT molecular complexity index is 1530. The molecule has 0 spiro atoms. The molecular formula is C38H40N3+. The molecule has 0 aliphatic heterocycles. The number of anilines is 2. The minimum absolute atomic E-state index is 0.874. The number of nitrogens with one attached hydrogen (secondary N) is 1. The van der Waals surface area contributed by atoms with Crippen molar-refractivity contribution >= 4 is 28.2 Å². The van der Waals surface area contributed by atoms with Gasteiger partial charge in [0.2, 0.25) is 5.71 Å². The molecule has 41 heavy (non-hydrogen) atoms. The molecule has 3 nitrogen and oxygen atoms in total. The van der Waals surface area contributed by atoms with Gasteiger partial charge in [0.05, 0.1) is 5.56 Å². The number of nitrogens with zero attached hydrogens (tertiary/aromatic N) is 2. The van der Waals surface area contributed by atoms with E-state index in [9.17, 15) is 0 Å². The van der Waals surface area contributed by atoms with Gasteiger partial charge in [-0.1, -0.05) is 72.8 Å². The van der Waals surface area contributed by atoms with E-state index in [-0.39, 0.29) is 0 Å². The van der Waals surface area contributed by atoms with E-state index >= 15 is 0 Å². The molecule has 5 rings (SSSR count). The fraction of sp³-hybridized carbons (Fsp3) is 0.184. The predicted molar refractivity (Wildman–Crippen MR) is 177 cm³/mol. The molecule has 0 aromatic heterocycles. The van der Waals surface area contributed by atoms with Crippen LogP contribution in [0.25, 0.3) is 11.1 Å². The van der Waals surface area contributed by atoms with Crippen LogP contribution in [0, 0.1) is 0 Å². The highest BCUT2D eigenvalue weighted by atomic mass is 15.1. The van der Waals surface area contributed by atoms with Crippen molar-refractivity contribution in [3.8, 4) is 0 Å². The van der Waals surface area contributed by atoms with Gasteiger partial charge in [0.15, 0.2) is 0 Å². The van der Waals surface area contributed by atoms with Crippen LogP contribution in [0.15, 0.2) is 122 Å². The molecule has 0 atom stereocenters. The molecule has 4 aromatic carbocycles. The van der Waals surface area contributed by atoms with Gasteiger partial charge in [-0.05, 0) is 81.8 Å². The standard InChI is InChI=1S/C38H39N3/c1-6-9-28-12-14-29(15-13-28)26-27-39-37-25-24-36(34-10-7-8-11-35(34)37)38(30-16-20-32(21-17-30)40(2)3)31-18-22-33(23-19-31)41(4)5/h6-8,10-25H,1,9,26-27H2,2-5H3/p+1. The van der Waals surface area contributed by atoms with Gasteiger partial charge in [0.1, 0.15) is 6.54 Å². The molecule has 0 saturated heterocycles. The summed E-state index contributed by atoms with van der Waals surface area (Å²) in [5.41, 5.74) is 13.6. The second-order valence-electron chi connectivity index (χ2n) is 10.9. The summed E-state index contributed by atoms with van der Waals surface area (Å²) in [6, 6.07) is 35.4. The molecule has 1 N–H and O–H groups in total. The normalized spacial score (nSPS) is 13.2. The van der Waals surface area contributed by atoms with E-state index in [2.05, 4.69) is 159 Å². The summed E-state index contributed by atoms with van der Waals surface area (Å²) in [5, 5.41) is 0. The Morgan fingerprint density at radius 1 is 0.659 bits per heavy atom. The molecule has 0 unspecified atom stereocenters. The highest BCUT2D eigenvalue weighted by molar-refractivity contribution is 6.17. The van der Waals surface area contributed by atoms with Crippen molar-refractivity contribution in [2.75, 3.05) is 44.5 Å². The molecule has 3 heteroatoms. The molecule has 0 saturated carbocycles. The molecular weight excluding hydrogens is 498 g/mol. The molecule has 0 amide bonds. The van der Waals surface area contributed by atoms with Crippen molar-refractivity contribution < 1.29 is 4.99 Å². The highest BCUT2D eigenvalue weighted by Crippen LogP contribution is 2.37. The lowest BCUT2D eigenvalue weighted by Gasteiger charge is -2.21. The Balaban J connectivity index is 1.53. The lowest BCUT2D eigenvalue weighted by molar-refractivity contribution is -0.454. The lowest BCUT2D eigenvalue weighted by Crippen LogP contribution is -2.73. The fourth-order valence-electron chi connectivity index (χ4n) is 5.35. The quantitative estimate of drug-likeness (QED) is 0.257. The second kappa shape index (κ2) is 12.7. The summed E-state index contributed by atoms with van der Waals surface area (Å²) in [4.78, 5) is 8.00. The SMILES string of the molecule is C=CCc1ccc(CC[NH+]=C2C=CC(=C(c3ccc(N(C)C)cc3)c3ccc(N(C)C)cc3)c3ccccc32)cc1. The van der Waals surface area contributed by atoms with Gasteiger partial charge in [-0.3, -0.25) is 0 Å². The zero-order chi connectivity index (χ0) is 28.8. The van der Waals surface area contributed by atoms with Crippen molar-refractivity contribution in [2.45, 2.75) is 12.8 Å². The third-order valence-corrected chi connectivity index (χ3v) is 7.67. The number of benzene rings is 4. The Kier molecular flexibility index (Phi) is 8.64. The average Bonchev–Trinajstić information content (AvgIpc) is 2.99. The number of hydrogen-bond donors (Lipinski definition) is 1. The van der Waals surface area contributed by atoms with Gasteiger partial charge < -0.3 is 9.80 Å². The van der Waals surface area contributed by atoms with Crippen molar-refractivity contribution in [2.24, 2.45) is 0 Å². The number of rotatable bonds is 9. The molecule has 1 aliphatic rings. The first kappa shape index (κ1) is 27.9. The van der Waals surface area contributed by atoms with Crippen LogP contribution in [-0.4, -0.2) is 40.4 Å². The number of fused-ring (bicyclic) bond motifs is 1. The van der Waals surface area contributed by atoms with Gasteiger partial charge >= 0.3 is 0 Å². The largest absolute Gasteiger partial charge is 0.378 e. The topological polar surface area (TPSA) is 20.5 Å². The van der Waals surface area contributed by atoms with Crippen LogP contribution in [-0.2, 0) is 12.8 Å². The minimum atomic E-state index is 0.874. The van der Waals surface area contributed by atoms with Crippen LogP contribution in [0.2, 0.25) is 0 Å². The molecule has 0 bridgehead atoms. The summed E-state index contributed by atoms with van der Waals surface area (Å²) >= 11 is 0. The van der Waals surface area contributed by atoms with Crippen molar-refractivity contribution in [1.82, 2.24) is 0 Å². The van der Waals surface area contributed by atoms with Crippen LogP contribution < -0.4 is 14.8 Å². The maximum absolute atomic E-state index is 3.84. The summed E-state index contributed by atoms with van der Waals surface area (Å²) in [6.07, 6.45) is 8.36. The third-order valence-electron chi connectivity index (χ3n) is 7.67. The number of allylic oxidation sites excluding steroid dienone is 4. The van der Waals surface area contributed by atoms with Gasteiger partial charge in [-0.15, -0.1) is 6.58 Å². The summed E-state index contributed by atoms with van der Waals surface area (Å²) in [7, 11) is 8.32. The van der Waals surface area contributed by atoms with E-state index in [0.29, 0.717) is 0 Å². The van der Waals surface area contributed by atoms with Crippen molar-refractivity contribution in [3.63, 3.8) is 0 Å². The maximum Gasteiger partial charge on any atom is 0.206 e. The molecule has 4 aromatic rings. The Morgan fingerprint density at radius 2 is 1.20 bits per heavy atom. The van der Waals surface area contributed by atoms with E-state index in [1.807, 2.05) is 6.08 Å². The zero-order valence-electron chi connectivity index (χ0n) is 24.7. The van der Waals surface area contributed by atoms with Crippen LogP contribution in [0.3, 0.4) is 0 Å². The van der Waals surface area contributed by atoms with Gasteiger partial charge in [0, 0.05) is 52.1 Å². The molecule has 0 heterocycles. The third kappa shape index (κ3) is 6.41. The molecule has 206 valence electrons. The maximum atomic E-state index is 3.84. The lowest BCUT2D eigenvalue weighted by atomic mass is 9.83. The Labute approximate surface area is 245 Å². The Hall–Kier alpha value is -4.63. The van der Waals surface area contributed by atoms with E-state index in [4.69, 9.17) is 0 Å². The fourth-order valence-corrected chi connectivity index (χ4v) is 5.35. The summed E-state index contributed by atoms with van der Waals surface area (Å²) < 4.78 is 0. The van der Waals surface area contributed by atoms with Crippen molar-refractivity contribution in [3.05, 3.63) is 155 Å². The van der Waals surface area contributed by atoms with Crippen LogP contribution >= 0.6 is 0 Å². The van der Waals surface area contributed by atoms with Gasteiger partial charge in [0.25, 0.3) is 0 Å². The molecule has 0 radical (unpaired) electrons. The Morgan fingerprint density at radius 3 is 1.73 bits per heavy atom. The van der Waals surface area contributed by atoms with Crippen molar-refractivity contribution in [1.29, 1.82) is 0 Å². The van der Waals surface area contributed by atoms with E-state index in [1.54, 1.807) is 0 Å². The first-order valence-corrected chi connectivity index (χ1v) is 14.3. The summed E-state index contributed by atoms with van der Waals surface area (Å²) in [6.45, 7) is 4.72. The monoisotopic (exact) mass is 538 g/mol. The predicted octanol–water partition coefficient (Wildman–Crippen LogP) is 6.19. The number of hydrogen-bond acceptors (Lipinski definition) is 2. The van der Waals surface area contributed by atoms with Gasteiger partial charge in [-0.25, -0.2) is 4.99 Å². The van der Waals surface area contributed by atoms with E-state index < -0.39 is 0 Å². The molecule has 1 aliphatic carbocycles. The van der Waals surface area contributed by atoms with E-state index in [1.165, 1.54) is 55.9 Å². The zero-order valence-corrected chi connectivity index (χ0v) is 24.7. The van der Waals surface area contributed by atoms with E-state index in [0.717, 1.165) is 25.1 Å². The van der Waals surface area contributed by atoms with Gasteiger partial charge in [-0.2, -0.15) is 0 Å². The first-order valence-electron chi connectivity index (χ1n) is 14.3. The average molecular weight is 539 g/mol. The van der Waals surface area contributed by atoms with Crippen LogP contribution in [0.5, 0.6) is 0 Å². The molecule has 0 fully saturated rings. The smallest absolute Gasteiger partial charge is 0.206 e. The van der Waals surface area contributed by atoms with Crippen LogP contribution in [0.1, 0.15) is 33.4 Å². The summed E-state index contributed by atoms with van der Waals surface area (Å²) in [5.74, 6) is 0. The minimum Gasteiger partial charge on any atom is -0.378 e. The van der Waals surface area contributed by atoms with Crippen LogP contribution in [0.4, 0.5) is 11.4 Å².